The number of nitrogens with zero attached hydrogens (tertiary/aromatic N) is 6. The van der Waals surface area contributed by atoms with Crippen molar-refractivity contribution in [2.45, 2.75) is 51.7 Å². The van der Waals surface area contributed by atoms with Crippen LogP contribution in [0.2, 0.25) is 0 Å². The zero-order chi connectivity index (χ0) is 19.5. The van der Waals surface area contributed by atoms with E-state index < -0.39 is 0 Å². The summed E-state index contributed by atoms with van der Waals surface area (Å²) in [6.45, 7) is 7.65. The third kappa shape index (κ3) is 4.04. The lowest BCUT2D eigenvalue weighted by Gasteiger charge is -2.31. The average molecular weight is 384 g/mol. The van der Waals surface area contributed by atoms with Gasteiger partial charge < -0.3 is 18.7 Å². The first-order valence-electron chi connectivity index (χ1n) is 9.58. The van der Waals surface area contributed by atoms with Gasteiger partial charge in [-0.15, -0.1) is 0 Å². The van der Waals surface area contributed by atoms with Crippen LogP contribution in [0.25, 0.3) is 11.4 Å². The first kappa shape index (κ1) is 18.5. The van der Waals surface area contributed by atoms with Gasteiger partial charge in [-0.3, -0.25) is 4.98 Å². The summed E-state index contributed by atoms with van der Waals surface area (Å²) in [5.41, 5.74) is 0.867. The molecule has 9 nitrogen and oxygen atoms in total. The summed E-state index contributed by atoms with van der Waals surface area (Å²) in [4.78, 5) is 15.0. The Labute approximate surface area is 163 Å². The maximum Gasteiger partial charge on any atom is 0.324 e. The number of ether oxygens (including phenoxy) is 1. The maximum atomic E-state index is 6.15. The Balaban J connectivity index is 1.31. The minimum Gasteiger partial charge on any atom is -0.365 e. The quantitative estimate of drug-likeness (QED) is 0.632. The van der Waals surface area contributed by atoms with Crippen LogP contribution in [0.15, 0.2) is 33.6 Å². The smallest absolute Gasteiger partial charge is 0.324 e. The second-order valence-corrected chi connectivity index (χ2v) is 7.25. The lowest BCUT2D eigenvalue weighted by Crippen LogP contribution is -2.37. The van der Waals surface area contributed by atoms with E-state index in [-0.39, 0.29) is 18.1 Å². The number of rotatable bonds is 6. The van der Waals surface area contributed by atoms with Gasteiger partial charge in [0.15, 0.2) is 5.82 Å². The normalized spacial score (nSPS) is 16.6. The van der Waals surface area contributed by atoms with E-state index >= 15 is 0 Å². The number of hydrogen-bond acceptors (Lipinski definition) is 9. The highest BCUT2D eigenvalue weighted by Crippen LogP contribution is 2.26. The lowest BCUT2D eigenvalue weighted by molar-refractivity contribution is -0.0303. The van der Waals surface area contributed by atoms with Crippen LogP contribution in [0.1, 0.15) is 57.3 Å². The monoisotopic (exact) mass is 384 g/mol. The Morgan fingerprint density at radius 2 is 1.79 bits per heavy atom. The molecule has 3 aromatic heterocycles. The fraction of sp³-hybridized carbons (Fsp3) is 0.526. The molecule has 0 bridgehead atoms. The van der Waals surface area contributed by atoms with E-state index in [0.29, 0.717) is 17.7 Å². The number of hydrogen-bond donors (Lipinski definition) is 0. The zero-order valence-electron chi connectivity index (χ0n) is 16.3. The van der Waals surface area contributed by atoms with Crippen LogP contribution >= 0.6 is 0 Å². The first-order valence-corrected chi connectivity index (χ1v) is 9.58. The van der Waals surface area contributed by atoms with Gasteiger partial charge in [0.25, 0.3) is 5.89 Å². The molecule has 1 aliphatic heterocycles. The highest BCUT2D eigenvalue weighted by molar-refractivity contribution is 5.52. The van der Waals surface area contributed by atoms with Gasteiger partial charge >= 0.3 is 6.01 Å². The van der Waals surface area contributed by atoms with Crippen molar-refractivity contribution >= 4 is 6.01 Å². The molecule has 1 fully saturated rings. The summed E-state index contributed by atoms with van der Waals surface area (Å²) in [6, 6.07) is 4.28. The van der Waals surface area contributed by atoms with Crippen molar-refractivity contribution in [2.75, 3.05) is 18.0 Å². The second kappa shape index (κ2) is 8.05. The molecule has 28 heavy (non-hydrogen) atoms. The van der Waals surface area contributed by atoms with Crippen LogP contribution in [-0.4, -0.2) is 44.5 Å². The number of pyridine rings is 1. The molecular weight excluding hydrogens is 360 g/mol. The molecule has 0 aliphatic carbocycles. The lowest BCUT2D eigenvalue weighted by atomic mass is 10.1. The Kier molecular flexibility index (Phi) is 5.34. The van der Waals surface area contributed by atoms with E-state index in [4.69, 9.17) is 13.8 Å². The summed E-state index contributed by atoms with van der Waals surface area (Å²) in [5.74, 6) is 2.02. The van der Waals surface area contributed by atoms with Gasteiger partial charge in [-0.2, -0.15) is 9.97 Å². The summed E-state index contributed by atoms with van der Waals surface area (Å²) < 4.78 is 16.9. The van der Waals surface area contributed by atoms with Gasteiger partial charge in [0.05, 0.1) is 6.10 Å². The summed E-state index contributed by atoms with van der Waals surface area (Å²) in [6.07, 6.45) is 4.99. The Morgan fingerprint density at radius 3 is 2.46 bits per heavy atom. The second-order valence-electron chi connectivity index (χ2n) is 7.25. The molecule has 0 saturated carbocycles. The largest absolute Gasteiger partial charge is 0.365 e. The molecule has 0 N–H and O–H groups in total. The zero-order valence-corrected chi connectivity index (χ0v) is 16.3. The molecule has 1 atom stereocenters. The molecule has 148 valence electrons. The van der Waals surface area contributed by atoms with Gasteiger partial charge in [-0.05, 0) is 31.9 Å². The summed E-state index contributed by atoms with van der Waals surface area (Å²) >= 11 is 0. The van der Waals surface area contributed by atoms with Crippen molar-refractivity contribution in [1.82, 2.24) is 25.3 Å². The fourth-order valence-electron chi connectivity index (χ4n) is 3.14. The minimum atomic E-state index is -0.268. The van der Waals surface area contributed by atoms with E-state index in [1.54, 1.807) is 12.4 Å². The molecule has 0 amide bonds. The van der Waals surface area contributed by atoms with Crippen molar-refractivity contribution in [2.24, 2.45) is 0 Å². The highest BCUT2D eigenvalue weighted by Gasteiger charge is 2.27. The molecule has 3 aromatic rings. The molecule has 0 aromatic carbocycles. The van der Waals surface area contributed by atoms with Crippen LogP contribution in [0.4, 0.5) is 6.01 Å². The topological polar surface area (TPSA) is 103 Å². The van der Waals surface area contributed by atoms with Crippen LogP contribution < -0.4 is 4.90 Å². The summed E-state index contributed by atoms with van der Waals surface area (Å²) in [7, 11) is 0. The van der Waals surface area contributed by atoms with E-state index in [2.05, 4.69) is 30.2 Å². The Hall–Kier alpha value is -2.81. The molecular formula is C19H24N6O3. The van der Waals surface area contributed by atoms with Gasteiger partial charge in [0.1, 0.15) is 6.10 Å². The van der Waals surface area contributed by atoms with Gasteiger partial charge in [0.2, 0.25) is 5.82 Å². The SMILES string of the molecule is CC(C)c1noc(N2CCC(OC(C)c3nc(-c4ccncc4)no3)CC2)n1. The van der Waals surface area contributed by atoms with Crippen molar-refractivity contribution in [3.8, 4) is 11.4 Å². The summed E-state index contributed by atoms with van der Waals surface area (Å²) in [5, 5.41) is 8.07. The predicted molar refractivity (Wildman–Crippen MR) is 101 cm³/mol. The van der Waals surface area contributed by atoms with Crippen molar-refractivity contribution < 1.29 is 13.8 Å². The van der Waals surface area contributed by atoms with Crippen molar-refractivity contribution in [1.29, 1.82) is 0 Å². The molecule has 0 radical (unpaired) electrons. The number of anilines is 1. The van der Waals surface area contributed by atoms with Crippen LogP contribution in [0.5, 0.6) is 0 Å². The fourth-order valence-corrected chi connectivity index (χ4v) is 3.14. The van der Waals surface area contributed by atoms with Gasteiger partial charge in [-0.1, -0.05) is 24.2 Å². The standard InChI is InChI=1S/C19H24N6O3/c1-12(2)16-22-19(28-23-16)25-10-6-15(7-11-25)26-13(3)18-21-17(24-27-18)14-4-8-20-9-5-14/h4-5,8-9,12-13,15H,6-7,10-11H2,1-3H3. The maximum absolute atomic E-state index is 6.15. The van der Waals surface area contributed by atoms with Crippen LogP contribution in [0.3, 0.4) is 0 Å². The van der Waals surface area contributed by atoms with E-state index in [1.807, 2.05) is 32.9 Å². The predicted octanol–water partition coefficient (Wildman–Crippen LogP) is 3.38. The molecule has 0 spiro atoms. The molecule has 4 rings (SSSR count). The molecule has 9 heteroatoms. The van der Waals surface area contributed by atoms with Gasteiger partial charge in [-0.25, -0.2) is 0 Å². The Morgan fingerprint density at radius 1 is 1.04 bits per heavy atom. The molecule has 1 unspecified atom stereocenters. The third-order valence-corrected chi connectivity index (χ3v) is 4.78. The van der Waals surface area contributed by atoms with Crippen molar-refractivity contribution in [3.05, 3.63) is 36.2 Å². The number of piperidine rings is 1. The van der Waals surface area contributed by atoms with Crippen LogP contribution in [0, 0.1) is 0 Å². The first-order chi connectivity index (χ1) is 13.6. The molecule has 4 heterocycles. The van der Waals surface area contributed by atoms with Gasteiger partial charge in [0, 0.05) is 37.0 Å². The van der Waals surface area contributed by atoms with Crippen molar-refractivity contribution in [3.63, 3.8) is 0 Å². The van der Waals surface area contributed by atoms with E-state index in [0.717, 1.165) is 37.3 Å². The average Bonchev–Trinajstić information content (AvgIpc) is 3.39. The Bertz CT molecular complexity index is 886. The highest BCUT2D eigenvalue weighted by atomic mass is 16.5. The van der Waals surface area contributed by atoms with E-state index in [1.165, 1.54) is 0 Å². The molecule has 1 aliphatic rings. The third-order valence-electron chi connectivity index (χ3n) is 4.78. The molecule has 1 saturated heterocycles. The van der Waals surface area contributed by atoms with E-state index in [9.17, 15) is 0 Å². The minimum absolute atomic E-state index is 0.120. The van der Waals surface area contributed by atoms with Crippen LogP contribution in [-0.2, 0) is 4.74 Å². The number of aromatic nitrogens is 5.